The summed E-state index contributed by atoms with van der Waals surface area (Å²) in [7, 11) is 5.07. The molecule has 0 saturated heterocycles. The molecule has 1 atom stereocenters. The van der Waals surface area contributed by atoms with Crippen molar-refractivity contribution in [3.05, 3.63) is 0 Å². The average molecular weight is 186 g/mol. The average Bonchev–Trinajstić information content (AvgIpc) is 1.38. The number of halogens is 1. The van der Waals surface area contributed by atoms with Gasteiger partial charge in [-0.2, -0.15) is 0 Å². The first kappa shape index (κ1) is 3.42. The first-order valence-corrected chi connectivity index (χ1v) is 6.71. The van der Waals surface area contributed by atoms with E-state index >= 15 is 0 Å². The Morgan fingerprint density at radius 2 is 2.75 bits per heavy atom. The molecular formula is CH4BIP-. The fourth-order valence-corrected chi connectivity index (χ4v) is 0. The first-order valence-electron chi connectivity index (χ1n) is 1.25. The maximum absolute atomic E-state index is 6.72. The van der Waals surface area contributed by atoms with Gasteiger partial charge in [0.05, 0.1) is 0 Å². The van der Waals surface area contributed by atoms with Gasteiger partial charge in [0, 0.05) is 0 Å². The third kappa shape index (κ3) is 3.22. The van der Waals surface area contributed by atoms with Gasteiger partial charge in [-0.3, -0.25) is 0 Å². The summed E-state index contributed by atoms with van der Waals surface area (Å²) in [4.78, 5) is 2.03. The second-order valence-electron chi connectivity index (χ2n) is 0.267. The van der Waals surface area contributed by atoms with Crippen LogP contribution in [0, 0.1) is 0 Å². The topological polar surface area (TPSA) is 0 Å². The number of alkyl halides is 1. The van der Waals surface area contributed by atoms with Crippen LogP contribution < -0.4 is 20.7 Å². The van der Waals surface area contributed by atoms with E-state index in [1.807, 2.05) is 4.93 Å². The van der Waals surface area contributed by atoms with Gasteiger partial charge in [0.15, 0.2) is 0 Å². The summed E-state index contributed by atoms with van der Waals surface area (Å²) in [5, 5.41) is 0. The van der Waals surface area contributed by atoms with Crippen molar-refractivity contribution in [2.24, 2.45) is 0 Å². The fraction of sp³-hybridized carbons (Fsp3) is 1.00. The zero-order chi connectivity index (χ0) is 4.28. The van der Waals surface area contributed by atoms with Crippen LogP contribution in [0.1, 0.15) is 0 Å². The van der Waals surface area contributed by atoms with Crippen molar-refractivity contribution in [2.75, 3.05) is 4.93 Å². The molecule has 0 heterocycles. The van der Waals surface area contributed by atoms with E-state index in [4.69, 9.17) is 8.84 Å². The van der Waals surface area contributed by atoms with Crippen molar-refractivity contribution in [3.63, 3.8) is 0 Å². The Balaban J connectivity index is 2.54. The molecule has 0 aliphatic rings. The van der Waals surface area contributed by atoms with Crippen LogP contribution in [0.4, 0.5) is 0 Å². The Hall–Kier alpha value is 1.22. The van der Waals surface area contributed by atoms with Gasteiger partial charge in [-0.1, -0.05) is 0 Å². The van der Waals surface area contributed by atoms with Crippen molar-refractivity contribution in [1.29, 1.82) is 1.28 Å². The first-order chi connectivity index (χ1) is 2.27. The van der Waals surface area contributed by atoms with Crippen molar-refractivity contribution in [2.45, 2.75) is 0 Å². The fourth-order valence-electron chi connectivity index (χ4n) is 0. The summed E-state index contributed by atoms with van der Waals surface area (Å²) in [6.07, 6.45) is 0. The van der Waals surface area contributed by atoms with Gasteiger partial charge in [0.25, 0.3) is 0 Å². The molecule has 1 unspecified atom stereocenters. The van der Waals surface area contributed by atoms with Crippen LogP contribution in [0.15, 0.2) is 0 Å². The molecule has 3 heteroatoms. The predicted octanol–water partition coefficient (Wildman–Crippen LogP) is -2.62. The second kappa shape index (κ2) is 4.22. The Morgan fingerprint density at radius 1 is 2.50 bits per heavy atom. The molecule has 0 rings (SSSR count). The van der Waals surface area contributed by atoms with Crippen LogP contribution in [0.3, 0.4) is 0 Å². The summed E-state index contributed by atoms with van der Waals surface area (Å²) >= 11 is 0.0570. The van der Waals surface area contributed by atoms with Crippen LogP contribution in [-0.2, 0) is 0 Å². The maximum atomic E-state index is 6.72. The van der Waals surface area contributed by atoms with E-state index < -0.39 is 6.05 Å². The van der Waals surface area contributed by atoms with Crippen molar-refractivity contribution < 1.29 is 20.7 Å². The van der Waals surface area contributed by atoms with Crippen LogP contribution in [0.5, 0.6) is 0 Å². The summed E-state index contributed by atoms with van der Waals surface area (Å²) < 4.78 is 6.72. The molecule has 0 aliphatic heterocycles. The van der Waals surface area contributed by atoms with E-state index in [0.29, 0.717) is 0 Å². The van der Waals surface area contributed by atoms with Crippen molar-refractivity contribution >= 4 is 13.6 Å². The minimum atomic E-state index is -0.738. The number of hydrogen-bond donors (Lipinski definition) is 0. The third-order valence-corrected chi connectivity index (χ3v) is 1.96. The molecule has 4 heavy (non-hydrogen) atoms. The molecule has 0 aromatic rings. The van der Waals surface area contributed by atoms with E-state index in [0.717, 1.165) is 0 Å². The van der Waals surface area contributed by atoms with Crippen LogP contribution in [0.25, 0.3) is 0 Å². The molecule has 0 nitrogen and oxygen atoms in total. The van der Waals surface area contributed by atoms with E-state index in [2.05, 4.69) is 0 Å². The zero-order valence-electron chi connectivity index (χ0n) is 3.40. The van der Waals surface area contributed by atoms with Gasteiger partial charge in [-0.05, 0) is 0 Å². The number of rotatable bonds is 1. The Labute approximate surface area is 40.8 Å². The van der Waals surface area contributed by atoms with Crippen molar-refractivity contribution in [1.82, 2.24) is 0 Å². The van der Waals surface area contributed by atoms with E-state index in [1.54, 1.807) is 0 Å². The normalized spacial score (nSPS) is 19.8. The van der Waals surface area contributed by atoms with E-state index in [-0.39, 0.29) is 20.7 Å². The predicted molar refractivity (Wildman–Crippen MR) is 20.0 cm³/mol. The van der Waals surface area contributed by atoms with Gasteiger partial charge in [0.2, 0.25) is 0 Å². The molecule has 0 aromatic heterocycles. The van der Waals surface area contributed by atoms with Gasteiger partial charge in [0.1, 0.15) is 0 Å². The molecule has 24 valence electrons. The Morgan fingerprint density at radius 3 is 2.75 bits per heavy atom. The molecule has 0 aliphatic carbocycles. The quantitative estimate of drug-likeness (QED) is 0.182. The SMILES string of the molecule is [2H]P([B])[I-]C. The molecule has 0 spiro atoms. The Bertz CT molecular complexity index is 25.6. The molecule has 0 fully saturated rings. The molecule has 0 aromatic carbocycles. The molecular weight excluding hydrogens is 181 g/mol. The summed E-state index contributed by atoms with van der Waals surface area (Å²) in [6, 6.07) is -0.738. The van der Waals surface area contributed by atoms with Crippen molar-refractivity contribution in [3.8, 4) is 0 Å². The minimum absolute atomic E-state index is 0.0570. The van der Waals surface area contributed by atoms with E-state index in [9.17, 15) is 0 Å². The summed E-state index contributed by atoms with van der Waals surface area (Å²) in [5.41, 5.74) is 0. The van der Waals surface area contributed by atoms with Gasteiger partial charge >= 0.3 is 40.5 Å². The monoisotopic (exact) mass is 186 g/mol. The Kier molecular flexibility index (Phi) is 3.61. The third-order valence-electron chi connectivity index (χ3n) is 0.0976. The molecule has 0 N–H and O–H groups in total. The van der Waals surface area contributed by atoms with Crippen LogP contribution in [0.2, 0.25) is 0 Å². The molecule has 0 bridgehead atoms. The molecule has 0 saturated carbocycles. The zero-order valence-corrected chi connectivity index (χ0v) is 5.45. The van der Waals surface area contributed by atoms with Gasteiger partial charge in [-0.15, -0.1) is 0 Å². The standard InChI is InChI=1S/CH4BIP/c1-3-4-2/h4H,1H3/q-1/i4D. The summed E-state index contributed by atoms with van der Waals surface area (Å²) in [5.74, 6) is 0. The van der Waals surface area contributed by atoms with Crippen LogP contribution >= 0.6 is 6.05 Å². The second-order valence-corrected chi connectivity index (χ2v) is 5.37. The van der Waals surface area contributed by atoms with Crippen LogP contribution in [-0.4, -0.2) is 13.8 Å². The number of hydrogen-bond acceptors (Lipinski definition) is 0. The van der Waals surface area contributed by atoms with Gasteiger partial charge in [-0.25, -0.2) is 0 Å². The molecule has 0 amide bonds. The summed E-state index contributed by atoms with van der Waals surface area (Å²) in [6.45, 7) is 0. The molecule has 2 radical (unpaired) electrons. The van der Waals surface area contributed by atoms with Gasteiger partial charge < -0.3 is 0 Å². The van der Waals surface area contributed by atoms with E-state index in [1.165, 1.54) is 0 Å².